The molecule has 21 heavy (non-hydrogen) atoms. The van der Waals surface area contributed by atoms with Crippen LogP contribution in [0.15, 0.2) is 18.2 Å². The number of rotatable bonds is 5. The summed E-state index contributed by atoms with van der Waals surface area (Å²) >= 11 is 0. The number of aryl methyl sites for hydroxylation is 1. The van der Waals surface area contributed by atoms with Gasteiger partial charge in [0.1, 0.15) is 5.75 Å². The first-order valence-electron chi connectivity index (χ1n) is 8.09. The zero-order valence-electron chi connectivity index (χ0n) is 12.9. The molecule has 116 valence electrons. The molecule has 2 aliphatic rings. The summed E-state index contributed by atoms with van der Waals surface area (Å²) < 4.78 is 11.1. The Morgan fingerprint density at radius 1 is 1.24 bits per heavy atom. The van der Waals surface area contributed by atoms with Gasteiger partial charge in [-0.3, -0.25) is 4.90 Å². The van der Waals surface area contributed by atoms with Gasteiger partial charge in [-0.15, -0.1) is 0 Å². The third-order valence-electron chi connectivity index (χ3n) is 4.26. The second kappa shape index (κ2) is 7.25. The maximum atomic E-state index is 5.67. The summed E-state index contributed by atoms with van der Waals surface area (Å²) in [5, 5.41) is 3.63. The van der Waals surface area contributed by atoms with Crippen molar-refractivity contribution in [2.45, 2.75) is 32.4 Å². The molecule has 1 saturated heterocycles. The van der Waals surface area contributed by atoms with Gasteiger partial charge in [0.15, 0.2) is 0 Å². The number of nitrogens with zero attached hydrogens (tertiary/aromatic N) is 1. The number of benzene rings is 1. The van der Waals surface area contributed by atoms with E-state index in [1.165, 1.54) is 11.1 Å². The van der Waals surface area contributed by atoms with Crippen molar-refractivity contribution in [3.8, 4) is 5.75 Å². The monoisotopic (exact) mass is 290 g/mol. The number of hydrogen-bond donors (Lipinski definition) is 1. The minimum atomic E-state index is 0.496. The van der Waals surface area contributed by atoms with E-state index in [9.17, 15) is 0 Å². The largest absolute Gasteiger partial charge is 0.493 e. The van der Waals surface area contributed by atoms with Crippen LogP contribution in [0.2, 0.25) is 0 Å². The van der Waals surface area contributed by atoms with Gasteiger partial charge in [-0.25, -0.2) is 0 Å². The van der Waals surface area contributed by atoms with E-state index in [2.05, 4.69) is 35.3 Å². The van der Waals surface area contributed by atoms with Gasteiger partial charge in [0, 0.05) is 32.2 Å². The van der Waals surface area contributed by atoms with Gasteiger partial charge in [-0.05, 0) is 37.0 Å². The molecule has 1 atom stereocenters. The Balaban J connectivity index is 1.47. The zero-order chi connectivity index (χ0) is 14.5. The molecule has 1 aromatic carbocycles. The van der Waals surface area contributed by atoms with E-state index in [1.807, 2.05) is 0 Å². The second-order valence-corrected chi connectivity index (χ2v) is 6.09. The van der Waals surface area contributed by atoms with Crippen LogP contribution < -0.4 is 10.1 Å². The standard InChI is InChI=1S/C17H26N2O2/c1-14(13-19-6-9-20-10-7-19)18-12-15-4-5-17-16(11-15)3-2-8-21-17/h4-5,11,14,18H,2-3,6-10,12-13H2,1H3/t14-/m1/s1. The molecule has 4 nitrogen and oxygen atoms in total. The van der Waals surface area contributed by atoms with E-state index in [1.54, 1.807) is 0 Å². The fraction of sp³-hybridized carbons (Fsp3) is 0.647. The Morgan fingerprint density at radius 2 is 2.10 bits per heavy atom. The maximum absolute atomic E-state index is 5.67. The molecule has 2 aliphatic heterocycles. The van der Waals surface area contributed by atoms with Crippen LogP contribution >= 0.6 is 0 Å². The summed E-state index contributed by atoms with van der Waals surface area (Å²) in [4.78, 5) is 2.47. The lowest BCUT2D eigenvalue weighted by Gasteiger charge is -2.29. The van der Waals surface area contributed by atoms with E-state index < -0.39 is 0 Å². The molecule has 4 heteroatoms. The molecular weight excluding hydrogens is 264 g/mol. The quantitative estimate of drug-likeness (QED) is 0.897. The fourth-order valence-corrected chi connectivity index (χ4v) is 3.05. The summed E-state index contributed by atoms with van der Waals surface area (Å²) in [5.41, 5.74) is 2.72. The van der Waals surface area contributed by atoms with Gasteiger partial charge in [0.2, 0.25) is 0 Å². The number of nitrogens with one attached hydrogen (secondary N) is 1. The van der Waals surface area contributed by atoms with Gasteiger partial charge in [-0.2, -0.15) is 0 Å². The first kappa shape index (κ1) is 14.8. The van der Waals surface area contributed by atoms with Crippen molar-refractivity contribution in [3.05, 3.63) is 29.3 Å². The van der Waals surface area contributed by atoms with Crippen molar-refractivity contribution in [1.82, 2.24) is 10.2 Å². The van der Waals surface area contributed by atoms with Crippen molar-refractivity contribution in [3.63, 3.8) is 0 Å². The van der Waals surface area contributed by atoms with Crippen LogP contribution in [-0.4, -0.2) is 50.4 Å². The Labute approximate surface area is 127 Å². The van der Waals surface area contributed by atoms with E-state index in [4.69, 9.17) is 9.47 Å². The lowest BCUT2D eigenvalue weighted by Crippen LogP contribution is -2.44. The topological polar surface area (TPSA) is 33.7 Å². The highest BCUT2D eigenvalue weighted by molar-refractivity contribution is 5.38. The molecule has 0 saturated carbocycles. The predicted molar refractivity (Wildman–Crippen MR) is 83.8 cm³/mol. The molecule has 1 N–H and O–H groups in total. The number of hydrogen-bond acceptors (Lipinski definition) is 4. The fourth-order valence-electron chi connectivity index (χ4n) is 3.05. The third-order valence-corrected chi connectivity index (χ3v) is 4.26. The minimum Gasteiger partial charge on any atom is -0.493 e. The Bertz CT molecular complexity index is 458. The van der Waals surface area contributed by atoms with Crippen molar-refractivity contribution < 1.29 is 9.47 Å². The summed E-state index contributed by atoms with van der Waals surface area (Å²) in [5.74, 6) is 1.08. The minimum absolute atomic E-state index is 0.496. The zero-order valence-corrected chi connectivity index (χ0v) is 12.9. The SMILES string of the molecule is C[C@H](CN1CCOCC1)NCc1ccc2c(c1)CCCO2. The Hall–Kier alpha value is -1.10. The van der Waals surface area contributed by atoms with Crippen LogP contribution in [0, 0.1) is 0 Å². The second-order valence-electron chi connectivity index (χ2n) is 6.09. The predicted octanol–water partition coefficient (Wildman–Crippen LogP) is 1.82. The highest BCUT2D eigenvalue weighted by Gasteiger charge is 2.14. The van der Waals surface area contributed by atoms with Gasteiger partial charge >= 0.3 is 0 Å². The number of ether oxygens (including phenoxy) is 2. The van der Waals surface area contributed by atoms with Crippen LogP contribution in [0.3, 0.4) is 0 Å². The summed E-state index contributed by atoms with van der Waals surface area (Å²) in [6, 6.07) is 7.09. The molecule has 2 heterocycles. The summed E-state index contributed by atoms with van der Waals surface area (Å²) in [6.07, 6.45) is 2.28. The van der Waals surface area contributed by atoms with Crippen LogP contribution in [0.25, 0.3) is 0 Å². The molecular formula is C17H26N2O2. The molecule has 0 aliphatic carbocycles. The molecule has 1 aromatic rings. The van der Waals surface area contributed by atoms with E-state index >= 15 is 0 Å². The smallest absolute Gasteiger partial charge is 0.122 e. The van der Waals surface area contributed by atoms with Gasteiger partial charge < -0.3 is 14.8 Å². The van der Waals surface area contributed by atoms with E-state index in [-0.39, 0.29) is 0 Å². The highest BCUT2D eigenvalue weighted by Crippen LogP contribution is 2.25. The molecule has 1 fully saturated rings. The first-order chi connectivity index (χ1) is 10.3. The van der Waals surface area contributed by atoms with Crippen LogP contribution in [0.1, 0.15) is 24.5 Å². The Kier molecular flexibility index (Phi) is 5.12. The molecule has 0 amide bonds. The number of fused-ring (bicyclic) bond motifs is 1. The molecule has 3 rings (SSSR count). The maximum Gasteiger partial charge on any atom is 0.122 e. The lowest BCUT2D eigenvalue weighted by molar-refractivity contribution is 0.0343. The van der Waals surface area contributed by atoms with Crippen LogP contribution in [0.5, 0.6) is 5.75 Å². The van der Waals surface area contributed by atoms with E-state index in [0.717, 1.165) is 64.6 Å². The molecule has 0 radical (unpaired) electrons. The molecule has 0 spiro atoms. The highest BCUT2D eigenvalue weighted by atomic mass is 16.5. The molecule has 0 aromatic heterocycles. The molecule has 0 unspecified atom stereocenters. The van der Waals surface area contributed by atoms with Crippen molar-refractivity contribution >= 4 is 0 Å². The van der Waals surface area contributed by atoms with Gasteiger partial charge in [0.25, 0.3) is 0 Å². The Morgan fingerprint density at radius 3 is 2.95 bits per heavy atom. The van der Waals surface area contributed by atoms with Gasteiger partial charge in [0.05, 0.1) is 19.8 Å². The van der Waals surface area contributed by atoms with Crippen molar-refractivity contribution in [2.24, 2.45) is 0 Å². The molecule has 0 bridgehead atoms. The van der Waals surface area contributed by atoms with E-state index in [0.29, 0.717) is 6.04 Å². The van der Waals surface area contributed by atoms with Gasteiger partial charge in [-0.1, -0.05) is 12.1 Å². The average Bonchev–Trinajstić information content (AvgIpc) is 2.54. The third kappa shape index (κ3) is 4.19. The average molecular weight is 290 g/mol. The van der Waals surface area contributed by atoms with Crippen LogP contribution in [0.4, 0.5) is 0 Å². The lowest BCUT2D eigenvalue weighted by atomic mass is 10.0. The number of morpholine rings is 1. The summed E-state index contributed by atoms with van der Waals surface area (Å²) in [6.45, 7) is 9.01. The normalized spacial score (nSPS) is 20.6. The van der Waals surface area contributed by atoms with Crippen molar-refractivity contribution in [1.29, 1.82) is 0 Å². The summed E-state index contributed by atoms with van der Waals surface area (Å²) in [7, 11) is 0. The first-order valence-corrected chi connectivity index (χ1v) is 8.09. The van der Waals surface area contributed by atoms with Crippen molar-refractivity contribution in [2.75, 3.05) is 39.5 Å². The van der Waals surface area contributed by atoms with Crippen LogP contribution in [-0.2, 0) is 17.7 Å².